The highest BCUT2D eigenvalue weighted by molar-refractivity contribution is 7.11. The fourth-order valence-corrected chi connectivity index (χ4v) is 3.25. The highest BCUT2D eigenvalue weighted by atomic mass is 32.1. The van der Waals surface area contributed by atoms with Crippen molar-refractivity contribution in [1.82, 2.24) is 5.32 Å². The summed E-state index contributed by atoms with van der Waals surface area (Å²) in [6.07, 6.45) is 3.78. The third-order valence-electron chi connectivity index (χ3n) is 2.96. The molecule has 1 N–H and O–H groups in total. The second kappa shape index (κ2) is 6.21. The lowest BCUT2D eigenvalue weighted by molar-refractivity contribution is 0.423. The molecule has 0 fully saturated rings. The molecule has 2 heterocycles. The second-order valence-electron chi connectivity index (χ2n) is 4.97. The third kappa shape index (κ3) is 4.00. The van der Waals surface area contributed by atoms with Crippen molar-refractivity contribution in [1.29, 1.82) is 0 Å². The van der Waals surface area contributed by atoms with Gasteiger partial charge in [0.2, 0.25) is 0 Å². The molecule has 3 heteroatoms. The van der Waals surface area contributed by atoms with Crippen LogP contribution in [0.1, 0.15) is 29.4 Å². The number of hydrogen-bond donors (Lipinski definition) is 1. The first kappa shape index (κ1) is 13.4. The molecule has 2 aromatic heterocycles. The molecular weight excluding hydrogens is 242 g/mol. The maximum atomic E-state index is 5.37. The molecule has 0 radical (unpaired) electrons. The normalized spacial score (nSPS) is 14.6. The van der Waals surface area contributed by atoms with Gasteiger partial charge in [-0.25, -0.2) is 0 Å². The van der Waals surface area contributed by atoms with Gasteiger partial charge < -0.3 is 9.73 Å². The molecular formula is C15H21NOS. The van der Waals surface area contributed by atoms with E-state index in [2.05, 4.69) is 38.2 Å². The van der Waals surface area contributed by atoms with E-state index in [0.717, 1.165) is 18.6 Å². The first-order valence-corrected chi connectivity index (χ1v) is 7.29. The molecule has 98 valence electrons. The van der Waals surface area contributed by atoms with Crippen LogP contribution in [0.25, 0.3) is 0 Å². The van der Waals surface area contributed by atoms with Gasteiger partial charge in [0.1, 0.15) is 5.76 Å². The molecule has 0 spiro atoms. The Bertz CT molecular complexity index is 461. The summed E-state index contributed by atoms with van der Waals surface area (Å²) in [6.45, 7) is 6.61. The van der Waals surface area contributed by atoms with Crippen LogP contribution >= 0.6 is 11.3 Å². The van der Waals surface area contributed by atoms with Gasteiger partial charge in [0.25, 0.3) is 0 Å². The summed E-state index contributed by atoms with van der Waals surface area (Å²) in [7, 11) is 0. The Kier molecular flexibility index (Phi) is 4.61. The van der Waals surface area contributed by atoms with Crippen molar-refractivity contribution in [2.45, 2.75) is 45.7 Å². The zero-order valence-corrected chi connectivity index (χ0v) is 12.1. The predicted molar refractivity (Wildman–Crippen MR) is 77.2 cm³/mol. The number of rotatable bonds is 6. The van der Waals surface area contributed by atoms with E-state index >= 15 is 0 Å². The van der Waals surface area contributed by atoms with E-state index in [0.29, 0.717) is 12.1 Å². The molecule has 2 nitrogen and oxygen atoms in total. The van der Waals surface area contributed by atoms with E-state index in [-0.39, 0.29) is 0 Å². The summed E-state index contributed by atoms with van der Waals surface area (Å²) in [6, 6.07) is 9.33. The van der Waals surface area contributed by atoms with Gasteiger partial charge in [0.05, 0.1) is 6.26 Å². The SMILES string of the molecule is Cc1ccc(CC(C)NC(C)Cc2ccco2)s1. The van der Waals surface area contributed by atoms with E-state index in [4.69, 9.17) is 4.42 Å². The van der Waals surface area contributed by atoms with Crippen LogP contribution < -0.4 is 5.32 Å². The lowest BCUT2D eigenvalue weighted by atomic mass is 10.1. The zero-order chi connectivity index (χ0) is 13.0. The molecule has 2 rings (SSSR count). The van der Waals surface area contributed by atoms with Crippen LogP contribution in [0.5, 0.6) is 0 Å². The number of hydrogen-bond acceptors (Lipinski definition) is 3. The Hall–Kier alpha value is -1.06. The molecule has 18 heavy (non-hydrogen) atoms. The number of aryl methyl sites for hydroxylation is 1. The van der Waals surface area contributed by atoms with Gasteiger partial charge in [-0.1, -0.05) is 0 Å². The van der Waals surface area contributed by atoms with Crippen molar-refractivity contribution in [2.75, 3.05) is 0 Å². The van der Waals surface area contributed by atoms with Crippen LogP contribution in [0.15, 0.2) is 34.9 Å². The van der Waals surface area contributed by atoms with Crippen molar-refractivity contribution in [3.05, 3.63) is 46.0 Å². The molecule has 0 amide bonds. The van der Waals surface area contributed by atoms with Crippen molar-refractivity contribution in [3.63, 3.8) is 0 Å². The highest BCUT2D eigenvalue weighted by Gasteiger charge is 2.10. The van der Waals surface area contributed by atoms with Gasteiger partial charge in [-0.2, -0.15) is 0 Å². The molecule has 0 aliphatic carbocycles. The molecule has 0 saturated carbocycles. The topological polar surface area (TPSA) is 25.2 Å². The summed E-state index contributed by atoms with van der Waals surface area (Å²) in [5.41, 5.74) is 0. The molecule has 0 saturated heterocycles. The van der Waals surface area contributed by atoms with Crippen LogP contribution in [0, 0.1) is 6.92 Å². The molecule has 0 aliphatic rings. The van der Waals surface area contributed by atoms with Crippen LogP contribution in [-0.4, -0.2) is 12.1 Å². The molecule has 0 bridgehead atoms. The smallest absolute Gasteiger partial charge is 0.105 e. The maximum absolute atomic E-state index is 5.37. The Morgan fingerprint density at radius 2 is 1.94 bits per heavy atom. The van der Waals surface area contributed by atoms with Gasteiger partial charge >= 0.3 is 0 Å². The third-order valence-corrected chi connectivity index (χ3v) is 3.98. The monoisotopic (exact) mass is 263 g/mol. The van der Waals surface area contributed by atoms with Crippen LogP contribution in [0.2, 0.25) is 0 Å². The van der Waals surface area contributed by atoms with E-state index in [1.165, 1.54) is 9.75 Å². The average molecular weight is 263 g/mol. The van der Waals surface area contributed by atoms with Crippen LogP contribution in [0.3, 0.4) is 0 Å². The van der Waals surface area contributed by atoms with E-state index in [9.17, 15) is 0 Å². The average Bonchev–Trinajstić information content (AvgIpc) is 2.90. The number of thiophene rings is 1. The Balaban J connectivity index is 1.78. The van der Waals surface area contributed by atoms with Crippen molar-refractivity contribution in [3.8, 4) is 0 Å². The molecule has 2 aromatic rings. The van der Waals surface area contributed by atoms with Crippen molar-refractivity contribution in [2.24, 2.45) is 0 Å². The van der Waals surface area contributed by atoms with Crippen molar-refractivity contribution < 1.29 is 4.42 Å². The minimum Gasteiger partial charge on any atom is -0.469 e. The Morgan fingerprint density at radius 1 is 1.17 bits per heavy atom. The van der Waals surface area contributed by atoms with Crippen molar-refractivity contribution >= 4 is 11.3 Å². The van der Waals surface area contributed by atoms with E-state index in [1.807, 2.05) is 23.5 Å². The minimum atomic E-state index is 0.437. The van der Waals surface area contributed by atoms with Gasteiger partial charge in [-0.15, -0.1) is 11.3 Å². The summed E-state index contributed by atoms with van der Waals surface area (Å²) in [5, 5.41) is 3.62. The van der Waals surface area contributed by atoms with Gasteiger partial charge in [-0.05, 0) is 51.5 Å². The quantitative estimate of drug-likeness (QED) is 0.857. The first-order valence-electron chi connectivity index (χ1n) is 6.47. The van der Waals surface area contributed by atoms with Gasteiger partial charge in [-0.3, -0.25) is 0 Å². The molecule has 0 aliphatic heterocycles. The lowest BCUT2D eigenvalue weighted by Crippen LogP contribution is -2.36. The molecule has 2 unspecified atom stereocenters. The van der Waals surface area contributed by atoms with Crippen LogP contribution in [0.4, 0.5) is 0 Å². The second-order valence-corrected chi connectivity index (χ2v) is 6.34. The Labute approximate surface area is 113 Å². The van der Waals surface area contributed by atoms with E-state index in [1.54, 1.807) is 6.26 Å². The number of furan rings is 1. The summed E-state index contributed by atoms with van der Waals surface area (Å²) in [4.78, 5) is 2.85. The van der Waals surface area contributed by atoms with Crippen LogP contribution in [-0.2, 0) is 12.8 Å². The number of nitrogens with one attached hydrogen (secondary N) is 1. The van der Waals surface area contributed by atoms with Gasteiger partial charge in [0, 0.05) is 28.3 Å². The summed E-state index contributed by atoms with van der Waals surface area (Å²) in [5.74, 6) is 1.05. The van der Waals surface area contributed by atoms with Gasteiger partial charge in [0.15, 0.2) is 0 Å². The standard InChI is InChI=1S/C15H21NOS/c1-11(9-14-5-4-8-17-14)16-12(2)10-15-7-6-13(3)18-15/h4-8,11-12,16H,9-10H2,1-3H3. The zero-order valence-electron chi connectivity index (χ0n) is 11.3. The largest absolute Gasteiger partial charge is 0.469 e. The molecule has 2 atom stereocenters. The fourth-order valence-electron chi connectivity index (χ4n) is 2.23. The Morgan fingerprint density at radius 3 is 2.56 bits per heavy atom. The summed E-state index contributed by atoms with van der Waals surface area (Å²) >= 11 is 1.89. The highest BCUT2D eigenvalue weighted by Crippen LogP contribution is 2.17. The lowest BCUT2D eigenvalue weighted by Gasteiger charge is -2.18. The molecule has 0 aromatic carbocycles. The predicted octanol–water partition coefficient (Wildman–Crippen LogP) is 3.80. The fraction of sp³-hybridized carbons (Fsp3) is 0.467. The minimum absolute atomic E-state index is 0.437. The summed E-state index contributed by atoms with van der Waals surface area (Å²) < 4.78 is 5.37. The van der Waals surface area contributed by atoms with E-state index < -0.39 is 0 Å². The maximum Gasteiger partial charge on any atom is 0.105 e. The first-order chi connectivity index (χ1) is 8.63.